The van der Waals surface area contributed by atoms with Gasteiger partial charge in [0.2, 0.25) is 0 Å². The van der Waals surface area contributed by atoms with E-state index >= 15 is 0 Å². The summed E-state index contributed by atoms with van der Waals surface area (Å²) in [6, 6.07) is 5.19. The molecule has 0 N–H and O–H groups in total. The molecule has 84 valence electrons. The van der Waals surface area contributed by atoms with E-state index in [1.807, 2.05) is 6.07 Å². The van der Waals surface area contributed by atoms with Crippen LogP contribution in [0.1, 0.15) is 12.0 Å². The summed E-state index contributed by atoms with van der Waals surface area (Å²) in [6.07, 6.45) is 1.64. The molecule has 0 aromatic heterocycles. The number of alkyl halides is 3. The molecule has 0 bridgehead atoms. The molecule has 0 aliphatic carbocycles. The highest BCUT2D eigenvalue weighted by atomic mass is 127. The minimum atomic E-state index is -2.76. The number of halogens is 4. The highest BCUT2D eigenvalue weighted by Gasteiger charge is 2.11. The Morgan fingerprint density at radius 2 is 2.13 bits per heavy atom. The van der Waals surface area contributed by atoms with Crippen LogP contribution in [0.4, 0.5) is 8.78 Å². The monoisotopic (exact) mass is 390 g/mol. The van der Waals surface area contributed by atoms with E-state index in [0.717, 1.165) is 27.3 Å². The predicted molar refractivity (Wildman–Crippen MR) is 67.9 cm³/mol. The standard InChI is InChI=1S/C10H10BrF2IO/c11-6-2-3-7-8(14)4-1-5-9(7)15-10(12)13/h1,4-5,10H,2-3,6H2. The van der Waals surface area contributed by atoms with Crippen LogP contribution in [0.15, 0.2) is 18.2 Å². The Bertz CT molecular complexity index is 320. The zero-order valence-electron chi connectivity index (χ0n) is 7.85. The van der Waals surface area contributed by atoms with Gasteiger partial charge in [-0.25, -0.2) is 0 Å². The van der Waals surface area contributed by atoms with Gasteiger partial charge in [0.25, 0.3) is 0 Å². The van der Waals surface area contributed by atoms with Gasteiger partial charge in [0.15, 0.2) is 0 Å². The average molecular weight is 391 g/mol. The third-order valence-electron chi connectivity index (χ3n) is 1.85. The largest absolute Gasteiger partial charge is 0.435 e. The molecule has 0 saturated heterocycles. The second kappa shape index (κ2) is 6.62. The summed E-state index contributed by atoms with van der Waals surface area (Å²) in [7, 11) is 0. The molecule has 0 atom stereocenters. The van der Waals surface area contributed by atoms with Gasteiger partial charge < -0.3 is 4.74 Å². The molecule has 0 heterocycles. The summed E-state index contributed by atoms with van der Waals surface area (Å²) < 4.78 is 29.7. The molecule has 0 aliphatic rings. The molecule has 5 heteroatoms. The summed E-state index contributed by atoms with van der Waals surface area (Å²) in [5.41, 5.74) is 0.859. The summed E-state index contributed by atoms with van der Waals surface area (Å²) in [4.78, 5) is 0. The van der Waals surface area contributed by atoms with E-state index in [0.29, 0.717) is 0 Å². The Morgan fingerprint density at radius 3 is 2.73 bits per heavy atom. The minimum absolute atomic E-state index is 0.290. The molecule has 1 nitrogen and oxygen atoms in total. The smallest absolute Gasteiger partial charge is 0.387 e. The highest BCUT2D eigenvalue weighted by molar-refractivity contribution is 14.1. The van der Waals surface area contributed by atoms with Crippen molar-refractivity contribution in [1.82, 2.24) is 0 Å². The third kappa shape index (κ3) is 4.22. The Balaban J connectivity index is 2.87. The lowest BCUT2D eigenvalue weighted by atomic mass is 10.1. The van der Waals surface area contributed by atoms with Gasteiger partial charge in [-0.2, -0.15) is 8.78 Å². The molecule has 0 saturated carbocycles. The van der Waals surface area contributed by atoms with Crippen LogP contribution in [0.5, 0.6) is 5.75 Å². The fourth-order valence-corrected chi connectivity index (χ4v) is 2.25. The second-order valence-electron chi connectivity index (χ2n) is 2.89. The number of rotatable bonds is 5. The van der Waals surface area contributed by atoms with Crippen molar-refractivity contribution in [3.63, 3.8) is 0 Å². The maximum Gasteiger partial charge on any atom is 0.387 e. The van der Waals surface area contributed by atoms with Crippen LogP contribution in [0.2, 0.25) is 0 Å². The van der Waals surface area contributed by atoms with Crippen molar-refractivity contribution in [3.8, 4) is 5.75 Å². The zero-order valence-corrected chi connectivity index (χ0v) is 11.6. The van der Waals surface area contributed by atoms with Crippen LogP contribution in [-0.2, 0) is 6.42 Å². The SMILES string of the molecule is FC(F)Oc1cccc(I)c1CCCBr. The molecular weight excluding hydrogens is 381 g/mol. The number of ether oxygens (including phenoxy) is 1. The lowest BCUT2D eigenvalue weighted by Gasteiger charge is -2.11. The Morgan fingerprint density at radius 1 is 1.40 bits per heavy atom. The topological polar surface area (TPSA) is 9.23 Å². The quantitative estimate of drug-likeness (QED) is 0.540. The highest BCUT2D eigenvalue weighted by Crippen LogP contribution is 2.26. The first-order chi connectivity index (χ1) is 7.15. The summed E-state index contributed by atoms with van der Waals surface area (Å²) in [5, 5.41) is 0.853. The maximum atomic E-state index is 12.1. The molecule has 0 spiro atoms. The van der Waals surface area contributed by atoms with Gasteiger partial charge in [-0.15, -0.1) is 0 Å². The van der Waals surface area contributed by atoms with Crippen molar-refractivity contribution < 1.29 is 13.5 Å². The molecule has 0 radical (unpaired) electrons. The first kappa shape index (κ1) is 13.2. The summed E-state index contributed by atoms with van der Waals surface area (Å²) in [5.74, 6) is 0.290. The zero-order chi connectivity index (χ0) is 11.3. The van der Waals surface area contributed by atoms with Gasteiger partial charge in [-0.05, 0) is 47.6 Å². The van der Waals surface area contributed by atoms with E-state index in [2.05, 4.69) is 43.3 Å². The van der Waals surface area contributed by atoms with E-state index < -0.39 is 6.61 Å². The molecule has 15 heavy (non-hydrogen) atoms. The predicted octanol–water partition coefficient (Wildman–Crippen LogP) is 4.22. The first-order valence-electron chi connectivity index (χ1n) is 4.43. The lowest BCUT2D eigenvalue weighted by molar-refractivity contribution is -0.0505. The van der Waals surface area contributed by atoms with Gasteiger partial charge in [0, 0.05) is 14.5 Å². The molecule has 1 aromatic carbocycles. The van der Waals surface area contributed by atoms with Crippen molar-refractivity contribution in [3.05, 3.63) is 27.3 Å². The molecule has 1 aromatic rings. The molecule has 0 aliphatic heterocycles. The van der Waals surface area contributed by atoms with E-state index in [-0.39, 0.29) is 5.75 Å². The van der Waals surface area contributed by atoms with Crippen LogP contribution in [-0.4, -0.2) is 11.9 Å². The van der Waals surface area contributed by atoms with Gasteiger partial charge in [0.05, 0.1) is 0 Å². The van der Waals surface area contributed by atoms with E-state index in [9.17, 15) is 8.78 Å². The Kier molecular flexibility index (Phi) is 5.81. The Hall–Kier alpha value is 0.0900. The van der Waals surface area contributed by atoms with E-state index in [1.165, 1.54) is 0 Å². The number of benzene rings is 1. The molecule has 0 unspecified atom stereocenters. The van der Waals surface area contributed by atoms with Crippen LogP contribution in [0.3, 0.4) is 0 Å². The van der Waals surface area contributed by atoms with Crippen LogP contribution in [0.25, 0.3) is 0 Å². The van der Waals surface area contributed by atoms with Crippen molar-refractivity contribution >= 4 is 38.5 Å². The fourth-order valence-electron chi connectivity index (χ4n) is 1.23. The van der Waals surface area contributed by atoms with Gasteiger partial charge in [0.1, 0.15) is 5.75 Å². The summed E-state index contributed by atoms with van der Waals surface area (Å²) in [6.45, 7) is -2.76. The number of hydrogen-bond donors (Lipinski definition) is 0. The van der Waals surface area contributed by atoms with Gasteiger partial charge in [-0.3, -0.25) is 0 Å². The van der Waals surface area contributed by atoms with Crippen LogP contribution in [0, 0.1) is 3.57 Å². The van der Waals surface area contributed by atoms with Crippen molar-refractivity contribution in [2.24, 2.45) is 0 Å². The fraction of sp³-hybridized carbons (Fsp3) is 0.400. The van der Waals surface area contributed by atoms with Crippen LogP contribution >= 0.6 is 38.5 Å². The van der Waals surface area contributed by atoms with Crippen molar-refractivity contribution in [2.75, 3.05) is 5.33 Å². The lowest BCUT2D eigenvalue weighted by Crippen LogP contribution is -2.05. The molecular formula is C10H10BrF2IO. The molecule has 0 fully saturated rings. The molecule has 1 rings (SSSR count). The van der Waals surface area contributed by atoms with Crippen LogP contribution < -0.4 is 4.74 Å². The molecule has 0 amide bonds. The minimum Gasteiger partial charge on any atom is -0.435 e. The maximum absolute atomic E-state index is 12.1. The first-order valence-corrected chi connectivity index (χ1v) is 6.63. The normalized spacial score (nSPS) is 10.7. The third-order valence-corrected chi connectivity index (χ3v) is 3.42. The van der Waals surface area contributed by atoms with E-state index in [1.54, 1.807) is 12.1 Å². The van der Waals surface area contributed by atoms with E-state index in [4.69, 9.17) is 0 Å². The Labute approximate surface area is 109 Å². The summed E-state index contributed by atoms with van der Waals surface area (Å²) >= 11 is 5.45. The van der Waals surface area contributed by atoms with Crippen molar-refractivity contribution in [2.45, 2.75) is 19.5 Å². The second-order valence-corrected chi connectivity index (χ2v) is 4.84. The van der Waals surface area contributed by atoms with Gasteiger partial charge >= 0.3 is 6.61 Å². The number of hydrogen-bond acceptors (Lipinski definition) is 1. The van der Waals surface area contributed by atoms with Crippen molar-refractivity contribution in [1.29, 1.82) is 0 Å². The van der Waals surface area contributed by atoms with Gasteiger partial charge in [-0.1, -0.05) is 22.0 Å². The average Bonchev–Trinajstić information content (AvgIpc) is 2.16.